The van der Waals surface area contributed by atoms with Gasteiger partial charge in [0, 0.05) is 38.4 Å². The Morgan fingerprint density at radius 2 is 1.72 bits per heavy atom. The second-order valence-corrected chi connectivity index (χ2v) is 9.33. The summed E-state index contributed by atoms with van der Waals surface area (Å²) in [5.74, 6) is 0.568. The lowest BCUT2D eigenvalue weighted by atomic mass is 10.1. The molecule has 1 aliphatic heterocycles. The van der Waals surface area contributed by atoms with E-state index >= 15 is 0 Å². The number of hydrogen-bond acceptors (Lipinski definition) is 4. The van der Waals surface area contributed by atoms with Crippen LogP contribution in [-0.4, -0.2) is 59.0 Å². The average Bonchev–Trinajstić information content (AvgIpc) is 2.77. The number of anilines is 1. The molecule has 2 N–H and O–H groups in total. The highest BCUT2D eigenvalue weighted by atomic mass is 127. The van der Waals surface area contributed by atoms with Gasteiger partial charge in [-0.1, -0.05) is 24.3 Å². The van der Waals surface area contributed by atoms with Gasteiger partial charge in [-0.15, -0.1) is 24.0 Å². The Kier molecular flexibility index (Phi) is 10.2. The summed E-state index contributed by atoms with van der Waals surface area (Å²) in [5.41, 5.74) is 2.72. The summed E-state index contributed by atoms with van der Waals surface area (Å²) in [6.45, 7) is 6.53. The lowest BCUT2D eigenvalue weighted by molar-refractivity contribution is 0.372. The zero-order valence-corrected chi connectivity index (χ0v) is 21.6. The number of rotatable bonds is 7. The zero-order valence-electron chi connectivity index (χ0n) is 18.4. The molecule has 0 saturated carbocycles. The standard InChI is InChI=1S/C22H30FN5O2S.HI/c1-3-25-22(26-16-18-5-4-6-19(15-18)17-31(29,30)24-2)28-13-11-27(12-14-28)21-9-7-20(23)8-10-21;/h4-10,15,24H,3,11-14,16-17H2,1-2H3,(H,25,26);1H. The Balaban J connectivity index is 0.00000363. The van der Waals surface area contributed by atoms with Crippen LogP contribution in [0.1, 0.15) is 18.1 Å². The minimum Gasteiger partial charge on any atom is -0.368 e. The van der Waals surface area contributed by atoms with Crippen molar-refractivity contribution in [2.24, 2.45) is 4.99 Å². The zero-order chi connectivity index (χ0) is 22.3. The second-order valence-electron chi connectivity index (χ2n) is 7.40. The number of piperazine rings is 1. The van der Waals surface area contributed by atoms with Gasteiger partial charge >= 0.3 is 0 Å². The molecule has 32 heavy (non-hydrogen) atoms. The van der Waals surface area contributed by atoms with E-state index in [2.05, 4.69) is 19.8 Å². The normalized spacial score (nSPS) is 14.8. The molecular formula is C22H31FIN5O2S. The first-order valence-electron chi connectivity index (χ1n) is 10.4. The van der Waals surface area contributed by atoms with Gasteiger partial charge in [0.05, 0.1) is 12.3 Å². The number of nitrogens with zero attached hydrogens (tertiary/aromatic N) is 3. The van der Waals surface area contributed by atoms with Gasteiger partial charge < -0.3 is 15.1 Å². The van der Waals surface area contributed by atoms with Gasteiger partial charge in [0.2, 0.25) is 10.0 Å². The van der Waals surface area contributed by atoms with Crippen LogP contribution in [0.5, 0.6) is 0 Å². The number of benzene rings is 2. The molecule has 0 amide bonds. The van der Waals surface area contributed by atoms with Gasteiger partial charge in [-0.25, -0.2) is 22.5 Å². The third kappa shape index (κ3) is 7.59. The minimum absolute atomic E-state index is 0. The highest BCUT2D eigenvalue weighted by Crippen LogP contribution is 2.17. The van der Waals surface area contributed by atoms with Crippen molar-refractivity contribution in [1.29, 1.82) is 0 Å². The molecule has 0 bridgehead atoms. The van der Waals surface area contributed by atoms with E-state index in [1.54, 1.807) is 0 Å². The molecule has 10 heteroatoms. The maximum absolute atomic E-state index is 13.2. The number of sulfonamides is 1. The van der Waals surface area contributed by atoms with Gasteiger partial charge in [-0.05, 0) is 49.4 Å². The van der Waals surface area contributed by atoms with Gasteiger partial charge in [-0.3, -0.25) is 0 Å². The van der Waals surface area contributed by atoms with Crippen molar-refractivity contribution in [2.75, 3.05) is 44.7 Å². The van der Waals surface area contributed by atoms with Crippen LogP contribution in [0.3, 0.4) is 0 Å². The van der Waals surface area contributed by atoms with Crippen molar-refractivity contribution < 1.29 is 12.8 Å². The van der Waals surface area contributed by atoms with Crippen molar-refractivity contribution in [2.45, 2.75) is 19.2 Å². The first-order valence-corrected chi connectivity index (χ1v) is 12.1. The van der Waals surface area contributed by atoms with Gasteiger partial charge in [0.25, 0.3) is 0 Å². The highest BCUT2D eigenvalue weighted by Gasteiger charge is 2.20. The predicted molar refractivity (Wildman–Crippen MR) is 139 cm³/mol. The monoisotopic (exact) mass is 575 g/mol. The summed E-state index contributed by atoms with van der Waals surface area (Å²) in [5, 5.41) is 3.35. The molecule has 0 radical (unpaired) electrons. The van der Waals surface area contributed by atoms with Crippen LogP contribution in [0.25, 0.3) is 0 Å². The summed E-state index contributed by atoms with van der Waals surface area (Å²) in [6.07, 6.45) is 0. The van der Waals surface area contributed by atoms with Crippen molar-refractivity contribution in [3.63, 3.8) is 0 Å². The van der Waals surface area contributed by atoms with E-state index in [1.807, 2.05) is 43.3 Å². The van der Waals surface area contributed by atoms with E-state index in [0.29, 0.717) is 6.54 Å². The highest BCUT2D eigenvalue weighted by molar-refractivity contribution is 14.0. The summed E-state index contributed by atoms with van der Waals surface area (Å²) in [4.78, 5) is 9.24. The molecular weight excluding hydrogens is 544 g/mol. The SMILES string of the molecule is CCNC(=NCc1cccc(CS(=O)(=O)NC)c1)N1CCN(c2ccc(F)cc2)CC1.I. The van der Waals surface area contributed by atoms with Crippen LogP contribution in [0.4, 0.5) is 10.1 Å². The molecule has 0 aromatic heterocycles. The lowest BCUT2D eigenvalue weighted by Crippen LogP contribution is -2.52. The summed E-state index contributed by atoms with van der Waals surface area (Å²) in [7, 11) is -1.89. The first-order chi connectivity index (χ1) is 14.9. The molecule has 3 rings (SSSR count). The van der Waals surface area contributed by atoms with E-state index in [9.17, 15) is 12.8 Å². The van der Waals surface area contributed by atoms with E-state index in [-0.39, 0.29) is 35.5 Å². The molecule has 1 saturated heterocycles. The summed E-state index contributed by atoms with van der Waals surface area (Å²) < 4.78 is 39.1. The first kappa shape index (κ1) is 26.3. The molecule has 1 fully saturated rings. The molecule has 0 spiro atoms. The van der Waals surface area contributed by atoms with Crippen molar-refractivity contribution >= 4 is 45.6 Å². The van der Waals surface area contributed by atoms with Crippen LogP contribution in [0.2, 0.25) is 0 Å². The second kappa shape index (κ2) is 12.4. The predicted octanol–water partition coefficient (Wildman–Crippen LogP) is 2.78. The van der Waals surface area contributed by atoms with Gasteiger partial charge in [0.15, 0.2) is 5.96 Å². The van der Waals surface area contributed by atoms with Crippen LogP contribution in [0.15, 0.2) is 53.5 Å². The Morgan fingerprint density at radius 3 is 2.34 bits per heavy atom. The van der Waals surface area contributed by atoms with E-state index in [1.165, 1.54) is 19.2 Å². The van der Waals surface area contributed by atoms with Crippen LogP contribution >= 0.6 is 24.0 Å². The van der Waals surface area contributed by atoms with Gasteiger partial charge in [-0.2, -0.15) is 0 Å². The molecule has 2 aromatic rings. The van der Waals surface area contributed by atoms with Crippen LogP contribution < -0.4 is 14.9 Å². The lowest BCUT2D eigenvalue weighted by Gasteiger charge is -2.37. The molecule has 1 heterocycles. The fourth-order valence-electron chi connectivity index (χ4n) is 3.53. The number of aliphatic imine (C=N–C) groups is 1. The average molecular weight is 575 g/mol. The molecule has 7 nitrogen and oxygen atoms in total. The van der Waals surface area contributed by atoms with E-state index in [4.69, 9.17) is 4.99 Å². The Bertz CT molecular complexity index is 994. The molecule has 176 valence electrons. The van der Waals surface area contributed by atoms with Gasteiger partial charge in [0.1, 0.15) is 5.82 Å². The number of guanidine groups is 1. The topological polar surface area (TPSA) is 77.0 Å². The number of nitrogens with one attached hydrogen (secondary N) is 2. The van der Waals surface area contributed by atoms with E-state index < -0.39 is 10.0 Å². The van der Waals surface area contributed by atoms with E-state index in [0.717, 1.165) is 55.5 Å². The number of halogens is 2. The largest absolute Gasteiger partial charge is 0.368 e. The molecule has 0 atom stereocenters. The van der Waals surface area contributed by atoms with Crippen LogP contribution in [-0.2, 0) is 22.3 Å². The summed E-state index contributed by atoms with van der Waals surface area (Å²) in [6, 6.07) is 14.1. The maximum Gasteiger partial charge on any atom is 0.215 e. The Morgan fingerprint density at radius 1 is 1.06 bits per heavy atom. The van der Waals surface area contributed by atoms with Crippen LogP contribution in [0, 0.1) is 5.82 Å². The molecule has 1 aliphatic rings. The third-order valence-electron chi connectivity index (χ3n) is 5.18. The van der Waals surface area contributed by atoms with Crippen molar-refractivity contribution in [3.8, 4) is 0 Å². The quantitative estimate of drug-likeness (QED) is 0.302. The number of hydrogen-bond donors (Lipinski definition) is 2. The minimum atomic E-state index is -3.31. The fourth-order valence-corrected chi connectivity index (χ4v) is 4.29. The molecule has 0 aliphatic carbocycles. The van der Waals surface area contributed by atoms with Crippen molar-refractivity contribution in [1.82, 2.24) is 14.9 Å². The Hall–Kier alpha value is -1.92. The Labute approximate surface area is 207 Å². The fraction of sp³-hybridized carbons (Fsp3) is 0.409. The molecule has 2 aromatic carbocycles. The smallest absolute Gasteiger partial charge is 0.215 e. The third-order valence-corrected chi connectivity index (χ3v) is 6.51. The summed E-state index contributed by atoms with van der Waals surface area (Å²) >= 11 is 0. The van der Waals surface area contributed by atoms with Crippen molar-refractivity contribution in [3.05, 3.63) is 65.5 Å². The molecule has 0 unspecified atom stereocenters. The maximum atomic E-state index is 13.2.